The molecule has 0 aliphatic carbocycles. The van der Waals surface area contributed by atoms with Crippen molar-refractivity contribution in [1.29, 1.82) is 0 Å². The van der Waals surface area contributed by atoms with Gasteiger partial charge in [0, 0.05) is 17.8 Å². The summed E-state index contributed by atoms with van der Waals surface area (Å²) in [6, 6.07) is 0.978. The van der Waals surface area contributed by atoms with Crippen molar-refractivity contribution in [2.24, 2.45) is 11.7 Å². The van der Waals surface area contributed by atoms with Crippen LogP contribution in [0.4, 0.5) is 0 Å². The molecule has 5 nitrogen and oxygen atoms in total. The number of aliphatic carboxylic acids is 1. The van der Waals surface area contributed by atoms with E-state index < -0.39 is 12.0 Å². The van der Waals surface area contributed by atoms with Gasteiger partial charge < -0.3 is 15.7 Å². The highest BCUT2D eigenvalue weighted by Crippen LogP contribution is 2.34. The van der Waals surface area contributed by atoms with Crippen LogP contribution in [0.2, 0.25) is 0 Å². The fourth-order valence-corrected chi connectivity index (χ4v) is 3.51. The molecule has 1 amide bonds. The molecule has 20 heavy (non-hydrogen) atoms. The monoisotopic (exact) mass is 296 g/mol. The summed E-state index contributed by atoms with van der Waals surface area (Å²) in [6.45, 7) is 2.93. The summed E-state index contributed by atoms with van der Waals surface area (Å²) in [5.74, 6) is -0.939. The number of nitrogens with two attached hydrogens (primary N) is 1. The van der Waals surface area contributed by atoms with Crippen molar-refractivity contribution in [1.82, 2.24) is 4.90 Å². The second kappa shape index (κ2) is 6.37. The Balaban J connectivity index is 2.19. The van der Waals surface area contributed by atoms with Gasteiger partial charge in [-0.25, -0.2) is 4.79 Å². The average Bonchev–Trinajstić information content (AvgIpc) is 2.91. The van der Waals surface area contributed by atoms with Crippen molar-refractivity contribution in [3.63, 3.8) is 0 Å². The highest BCUT2D eigenvalue weighted by atomic mass is 32.1. The van der Waals surface area contributed by atoms with Gasteiger partial charge in [-0.05, 0) is 35.9 Å². The van der Waals surface area contributed by atoms with Gasteiger partial charge in [0.15, 0.2) is 6.04 Å². The quantitative estimate of drug-likeness (QED) is 0.865. The summed E-state index contributed by atoms with van der Waals surface area (Å²) in [4.78, 5) is 26.5. The van der Waals surface area contributed by atoms with Gasteiger partial charge in [-0.1, -0.05) is 13.3 Å². The minimum absolute atomic E-state index is 0.105. The summed E-state index contributed by atoms with van der Waals surface area (Å²) < 4.78 is 0. The fraction of sp³-hybridized carbons (Fsp3) is 0.571. The van der Waals surface area contributed by atoms with E-state index in [4.69, 9.17) is 5.73 Å². The molecule has 1 aromatic rings. The lowest BCUT2D eigenvalue weighted by Crippen LogP contribution is -2.43. The average molecular weight is 296 g/mol. The second-order valence-corrected chi connectivity index (χ2v) is 6.09. The first-order valence-corrected chi connectivity index (χ1v) is 7.75. The SMILES string of the molecule is CCC(CN)CC(=O)N1CCc2sccc2C1C(=O)O. The van der Waals surface area contributed by atoms with Crippen LogP contribution in [0.1, 0.15) is 36.2 Å². The van der Waals surface area contributed by atoms with Gasteiger partial charge in [-0.2, -0.15) is 0 Å². The first kappa shape index (κ1) is 15.0. The molecular formula is C14H20N2O3S. The zero-order valence-corrected chi connectivity index (χ0v) is 12.4. The van der Waals surface area contributed by atoms with E-state index in [0.717, 1.165) is 23.3 Å². The Morgan fingerprint density at radius 1 is 1.60 bits per heavy atom. The smallest absolute Gasteiger partial charge is 0.331 e. The van der Waals surface area contributed by atoms with Crippen LogP contribution < -0.4 is 5.73 Å². The third kappa shape index (κ3) is 2.86. The van der Waals surface area contributed by atoms with Crippen LogP contribution in [0.25, 0.3) is 0 Å². The molecule has 0 aromatic carbocycles. The summed E-state index contributed by atoms with van der Waals surface area (Å²) in [6.07, 6.45) is 1.90. The molecule has 0 saturated carbocycles. The number of fused-ring (bicyclic) bond motifs is 1. The summed E-state index contributed by atoms with van der Waals surface area (Å²) in [7, 11) is 0. The maximum Gasteiger partial charge on any atom is 0.331 e. The molecule has 1 aliphatic heterocycles. The normalized spacial score (nSPS) is 19.5. The molecule has 110 valence electrons. The van der Waals surface area contributed by atoms with Crippen molar-refractivity contribution < 1.29 is 14.7 Å². The van der Waals surface area contributed by atoms with E-state index in [1.165, 1.54) is 4.90 Å². The Bertz CT molecular complexity index is 496. The Morgan fingerprint density at radius 3 is 2.95 bits per heavy atom. The molecule has 0 bridgehead atoms. The minimum Gasteiger partial charge on any atom is -0.479 e. The second-order valence-electron chi connectivity index (χ2n) is 5.09. The lowest BCUT2D eigenvalue weighted by molar-refractivity contribution is -0.151. The van der Waals surface area contributed by atoms with E-state index in [9.17, 15) is 14.7 Å². The van der Waals surface area contributed by atoms with Crippen LogP contribution in [0.3, 0.4) is 0 Å². The standard InChI is InChI=1S/C14H20N2O3S/c1-2-9(8-15)7-12(17)16-5-3-11-10(4-6-20-11)13(16)14(18)19/h4,6,9,13H,2-3,5,7-8,15H2,1H3,(H,18,19). The first-order chi connectivity index (χ1) is 9.58. The van der Waals surface area contributed by atoms with Crippen LogP contribution in [0, 0.1) is 5.92 Å². The molecule has 2 heterocycles. The number of carboxylic acids is 1. The summed E-state index contributed by atoms with van der Waals surface area (Å²) in [5.41, 5.74) is 6.40. The van der Waals surface area contributed by atoms with Crippen LogP contribution in [0.5, 0.6) is 0 Å². The maximum atomic E-state index is 12.4. The number of thiophene rings is 1. The molecule has 6 heteroatoms. The largest absolute Gasteiger partial charge is 0.479 e. The van der Waals surface area contributed by atoms with Gasteiger partial charge >= 0.3 is 5.97 Å². The Labute approximate surface area is 122 Å². The molecule has 0 fully saturated rings. The third-order valence-corrected chi connectivity index (χ3v) is 4.89. The van der Waals surface area contributed by atoms with Crippen molar-refractivity contribution in [3.8, 4) is 0 Å². The summed E-state index contributed by atoms with van der Waals surface area (Å²) in [5, 5.41) is 11.3. The number of carboxylic acid groups (broad SMARTS) is 1. The highest BCUT2D eigenvalue weighted by Gasteiger charge is 2.36. The summed E-state index contributed by atoms with van der Waals surface area (Å²) >= 11 is 1.56. The molecular weight excluding hydrogens is 276 g/mol. The number of hydrogen-bond donors (Lipinski definition) is 2. The molecule has 2 rings (SSSR count). The van der Waals surface area contributed by atoms with Crippen molar-refractivity contribution in [3.05, 3.63) is 21.9 Å². The number of carbonyl (C=O) groups is 2. The zero-order valence-electron chi connectivity index (χ0n) is 11.5. The third-order valence-electron chi connectivity index (χ3n) is 3.89. The molecule has 1 aromatic heterocycles. The zero-order chi connectivity index (χ0) is 14.7. The number of hydrogen-bond acceptors (Lipinski definition) is 4. The van der Waals surface area contributed by atoms with Gasteiger partial charge in [-0.15, -0.1) is 11.3 Å². The predicted octanol–water partition coefficient (Wildman–Crippen LogP) is 1.63. The maximum absolute atomic E-state index is 12.4. The molecule has 0 radical (unpaired) electrons. The van der Waals surface area contributed by atoms with E-state index in [2.05, 4.69) is 0 Å². The van der Waals surface area contributed by atoms with Crippen LogP contribution in [-0.4, -0.2) is 35.0 Å². The Morgan fingerprint density at radius 2 is 2.35 bits per heavy atom. The van der Waals surface area contributed by atoms with Gasteiger partial charge in [-0.3, -0.25) is 4.79 Å². The van der Waals surface area contributed by atoms with E-state index in [-0.39, 0.29) is 11.8 Å². The van der Waals surface area contributed by atoms with Crippen molar-refractivity contribution in [2.75, 3.05) is 13.1 Å². The van der Waals surface area contributed by atoms with Crippen LogP contribution in [0.15, 0.2) is 11.4 Å². The van der Waals surface area contributed by atoms with Gasteiger partial charge in [0.1, 0.15) is 0 Å². The molecule has 2 atom stereocenters. The van der Waals surface area contributed by atoms with Crippen LogP contribution in [-0.2, 0) is 16.0 Å². The van der Waals surface area contributed by atoms with Crippen molar-refractivity contribution >= 4 is 23.2 Å². The van der Waals surface area contributed by atoms with E-state index in [1.54, 1.807) is 11.3 Å². The lowest BCUT2D eigenvalue weighted by Gasteiger charge is -2.34. The lowest BCUT2D eigenvalue weighted by atomic mass is 9.97. The fourth-order valence-electron chi connectivity index (χ4n) is 2.61. The predicted molar refractivity (Wildman–Crippen MR) is 77.6 cm³/mol. The Kier molecular flexibility index (Phi) is 4.77. The molecule has 1 aliphatic rings. The minimum atomic E-state index is -0.960. The van der Waals surface area contributed by atoms with Gasteiger partial charge in [0.05, 0.1) is 0 Å². The van der Waals surface area contributed by atoms with Gasteiger partial charge in [0.25, 0.3) is 0 Å². The topological polar surface area (TPSA) is 83.6 Å². The van der Waals surface area contributed by atoms with Gasteiger partial charge in [0.2, 0.25) is 5.91 Å². The molecule has 0 saturated heterocycles. The van der Waals surface area contributed by atoms with E-state index >= 15 is 0 Å². The molecule has 3 N–H and O–H groups in total. The van der Waals surface area contributed by atoms with E-state index in [1.807, 2.05) is 18.4 Å². The highest BCUT2D eigenvalue weighted by molar-refractivity contribution is 7.10. The number of carbonyl (C=O) groups excluding carboxylic acids is 1. The number of rotatable bonds is 5. The number of nitrogens with zero attached hydrogens (tertiary/aromatic N) is 1. The Hall–Kier alpha value is -1.40. The van der Waals surface area contributed by atoms with Crippen LogP contribution >= 0.6 is 11.3 Å². The number of amides is 1. The first-order valence-electron chi connectivity index (χ1n) is 6.87. The van der Waals surface area contributed by atoms with E-state index in [0.29, 0.717) is 19.5 Å². The molecule has 0 spiro atoms. The van der Waals surface area contributed by atoms with Crippen molar-refractivity contribution in [2.45, 2.75) is 32.2 Å². The molecule has 2 unspecified atom stereocenters.